The molecular formula is C13H20N2O2S. The van der Waals surface area contributed by atoms with Crippen LogP contribution in [-0.2, 0) is 11.3 Å². The quantitative estimate of drug-likeness (QED) is 0.912. The summed E-state index contributed by atoms with van der Waals surface area (Å²) in [7, 11) is 0. The summed E-state index contributed by atoms with van der Waals surface area (Å²) in [6.07, 6.45) is 1.52. The van der Waals surface area contributed by atoms with Gasteiger partial charge < -0.3 is 5.11 Å². The molecule has 4 nitrogen and oxygen atoms in total. The van der Waals surface area contributed by atoms with Gasteiger partial charge in [-0.05, 0) is 25.9 Å². The minimum atomic E-state index is -0.648. The fraction of sp³-hybridized carbons (Fsp3) is 0.692. The van der Waals surface area contributed by atoms with Crippen molar-refractivity contribution in [2.75, 3.05) is 13.1 Å². The summed E-state index contributed by atoms with van der Waals surface area (Å²) in [5.74, 6) is -0.310. The van der Waals surface area contributed by atoms with E-state index in [1.54, 1.807) is 11.3 Å². The molecule has 2 rings (SSSR count). The van der Waals surface area contributed by atoms with Crippen molar-refractivity contribution in [2.45, 2.75) is 39.2 Å². The number of hydrogen-bond acceptors (Lipinski definition) is 4. The third kappa shape index (κ3) is 3.29. The van der Waals surface area contributed by atoms with Crippen LogP contribution < -0.4 is 0 Å². The van der Waals surface area contributed by atoms with Crippen LogP contribution in [0, 0.1) is 5.92 Å². The molecular weight excluding hydrogens is 248 g/mol. The number of nitrogens with zero attached hydrogens (tertiary/aromatic N) is 2. The standard InChI is InChI=1S/C13H20N2O2S/c1-9(2)12-14-11(8-18-12)7-15-5-3-10(4-6-15)13(16)17/h8-10H,3-7H2,1-2H3,(H,16,17). The van der Waals surface area contributed by atoms with Gasteiger partial charge in [-0.2, -0.15) is 0 Å². The Morgan fingerprint density at radius 1 is 1.56 bits per heavy atom. The number of piperidine rings is 1. The average molecular weight is 268 g/mol. The highest BCUT2D eigenvalue weighted by Gasteiger charge is 2.24. The maximum atomic E-state index is 10.9. The second-order valence-corrected chi connectivity index (χ2v) is 6.11. The van der Waals surface area contributed by atoms with Crippen molar-refractivity contribution in [3.8, 4) is 0 Å². The van der Waals surface area contributed by atoms with E-state index in [0.29, 0.717) is 5.92 Å². The van der Waals surface area contributed by atoms with Gasteiger partial charge in [-0.1, -0.05) is 13.8 Å². The lowest BCUT2D eigenvalue weighted by Crippen LogP contribution is -2.35. The molecule has 18 heavy (non-hydrogen) atoms. The molecule has 1 aliphatic heterocycles. The Bertz CT molecular complexity index is 409. The zero-order chi connectivity index (χ0) is 13.1. The molecule has 0 aliphatic carbocycles. The monoisotopic (exact) mass is 268 g/mol. The second kappa shape index (κ2) is 5.80. The van der Waals surface area contributed by atoms with E-state index >= 15 is 0 Å². The molecule has 1 fully saturated rings. The molecule has 0 aromatic carbocycles. The van der Waals surface area contributed by atoms with E-state index in [0.717, 1.165) is 38.2 Å². The number of aromatic nitrogens is 1. The Kier molecular flexibility index (Phi) is 4.35. The van der Waals surface area contributed by atoms with Gasteiger partial charge in [0.2, 0.25) is 0 Å². The van der Waals surface area contributed by atoms with Gasteiger partial charge in [-0.3, -0.25) is 9.69 Å². The molecule has 0 bridgehead atoms. The molecule has 0 atom stereocenters. The van der Waals surface area contributed by atoms with Crippen molar-refractivity contribution < 1.29 is 9.90 Å². The topological polar surface area (TPSA) is 53.4 Å². The SMILES string of the molecule is CC(C)c1nc(CN2CCC(C(=O)O)CC2)cs1. The van der Waals surface area contributed by atoms with Gasteiger partial charge in [0, 0.05) is 17.8 Å². The summed E-state index contributed by atoms with van der Waals surface area (Å²) in [4.78, 5) is 17.8. The first-order chi connectivity index (χ1) is 8.56. The molecule has 1 aliphatic rings. The van der Waals surface area contributed by atoms with Crippen LogP contribution >= 0.6 is 11.3 Å². The van der Waals surface area contributed by atoms with Crippen LogP contribution in [0.1, 0.15) is 43.3 Å². The van der Waals surface area contributed by atoms with Crippen molar-refractivity contribution in [3.05, 3.63) is 16.1 Å². The van der Waals surface area contributed by atoms with Crippen LogP contribution in [-0.4, -0.2) is 34.0 Å². The van der Waals surface area contributed by atoms with Gasteiger partial charge in [-0.25, -0.2) is 4.98 Å². The number of rotatable bonds is 4. The van der Waals surface area contributed by atoms with Crippen LogP contribution in [0.15, 0.2) is 5.38 Å². The lowest BCUT2D eigenvalue weighted by atomic mass is 9.97. The molecule has 0 amide bonds. The van der Waals surface area contributed by atoms with Crippen molar-refractivity contribution in [2.24, 2.45) is 5.92 Å². The Morgan fingerprint density at radius 2 is 2.22 bits per heavy atom. The molecule has 0 unspecified atom stereocenters. The third-order valence-electron chi connectivity index (χ3n) is 3.39. The smallest absolute Gasteiger partial charge is 0.306 e. The highest BCUT2D eigenvalue weighted by molar-refractivity contribution is 7.09. The minimum Gasteiger partial charge on any atom is -0.481 e. The van der Waals surface area contributed by atoms with Crippen molar-refractivity contribution >= 4 is 17.3 Å². The van der Waals surface area contributed by atoms with E-state index in [2.05, 4.69) is 29.1 Å². The van der Waals surface area contributed by atoms with Crippen LogP contribution in [0.25, 0.3) is 0 Å². The van der Waals surface area contributed by atoms with Gasteiger partial charge in [-0.15, -0.1) is 11.3 Å². The summed E-state index contributed by atoms with van der Waals surface area (Å²) in [5, 5.41) is 12.3. The number of hydrogen-bond donors (Lipinski definition) is 1. The van der Waals surface area contributed by atoms with Crippen LogP contribution in [0.3, 0.4) is 0 Å². The molecule has 2 heterocycles. The lowest BCUT2D eigenvalue weighted by molar-refractivity contribution is -0.143. The Labute approximate surface area is 112 Å². The fourth-order valence-electron chi connectivity index (χ4n) is 2.23. The largest absolute Gasteiger partial charge is 0.481 e. The van der Waals surface area contributed by atoms with E-state index < -0.39 is 5.97 Å². The summed E-state index contributed by atoms with van der Waals surface area (Å²) in [5.41, 5.74) is 1.12. The van der Waals surface area contributed by atoms with Gasteiger partial charge in [0.05, 0.1) is 16.6 Å². The molecule has 1 aromatic heterocycles. The third-order valence-corrected chi connectivity index (χ3v) is 4.58. The first-order valence-electron chi connectivity index (χ1n) is 6.45. The lowest BCUT2D eigenvalue weighted by Gasteiger charge is -2.29. The number of carboxylic acid groups (broad SMARTS) is 1. The van der Waals surface area contributed by atoms with E-state index in [9.17, 15) is 4.79 Å². The summed E-state index contributed by atoms with van der Waals surface area (Å²) in [6, 6.07) is 0. The normalized spacial score (nSPS) is 18.4. The predicted molar refractivity (Wildman–Crippen MR) is 71.8 cm³/mol. The first kappa shape index (κ1) is 13.5. The zero-order valence-corrected chi connectivity index (χ0v) is 11.7. The van der Waals surface area contributed by atoms with Crippen molar-refractivity contribution in [1.29, 1.82) is 0 Å². The van der Waals surface area contributed by atoms with Crippen LogP contribution in [0.2, 0.25) is 0 Å². The summed E-state index contributed by atoms with van der Waals surface area (Å²) < 4.78 is 0. The Balaban J connectivity index is 1.85. The van der Waals surface area contributed by atoms with Gasteiger partial charge in [0.1, 0.15) is 0 Å². The molecule has 5 heteroatoms. The maximum Gasteiger partial charge on any atom is 0.306 e. The molecule has 1 saturated heterocycles. The molecule has 1 aromatic rings. The molecule has 0 radical (unpaired) electrons. The van der Waals surface area contributed by atoms with Crippen LogP contribution in [0.4, 0.5) is 0 Å². The molecule has 0 saturated carbocycles. The second-order valence-electron chi connectivity index (χ2n) is 5.22. The van der Waals surface area contributed by atoms with Crippen molar-refractivity contribution in [3.63, 3.8) is 0 Å². The van der Waals surface area contributed by atoms with E-state index in [1.165, 1.54) is 5.01 Å². The summed E-state index contributed by atoms with van der Waals surface area (Å²) >= 11 is 1.72. The summed E-state index contributed by atoms with van der Waals surface area (Å²) in [6.45, 7) is 6.90. The highest BCUT2D eigenvalue weighted by atomic mass is 32.1. The number of likely N-dealkylation sites (tertiary alicyclic amines) is 1. The van der Waals surface area contributed by atoms with E-state index in [-0.39, 0.29) is 5.92 Å². The van der Waals surface area contributed by atoms with Gasteiger partial charge in [0.25, 0.3) is 0 Å². The molecule has 1 N–H and O–H groups in total. The fourth-order valence-corrected chi connectivity index (χ4v) is 3.05. The number of thiazole rings is 1. The first-order valence-corrected chi connectivity index (χ1v) is 7.33. The maximum absolute atomic E-state index is 10.9. The Morgan fingerprint density at radius 3 is 2.72 bits per heavy atom. The van der Waals surface area contributed by atoms with Crippen LogP contribution in [0.5, 0.6) is 0 Å². The molecule has 0 spiro atoms. The van der Waals surface area contributed by atoms with Crippen molar-refractivity contribution in [1.82, 2.24) is 9.88 Å². The molecule has 100 valence electrons. The van der Waals surface area contributed by atoms with E-state index in [1.807, 2.05) is 0 Å². The zero-order valence-electron chi connectivity index (χ0n) is 10.9. The highest BCUT2D eigenvalue weighted by Crippen LogP contribution is 2.22. The average Bonchev–Trinajstić information content (AvgIpc) is 2.78. The number of carbonyl (C=O) groups is 1. The Hall–Kier alpha value is -0.940. The number of aliphatic carboxylic acids is 1. The predicted octanol–water partition coefficient (Wildman–Crippen LogP) is 2.56. The van der Waals surface area contributed by atoms with E-state index in [4.69, 9.17) is 5.11 Å². The van der Waals surface area contributed by atoms with Gasteiger partial charge in [0.15, 0.2) is 0 Å². The van der Waals surface area contributed by atoms with Gasteiger partial charge >= 0.3 is 5.97 Å². The number of carboxylic acids is 1. The minimum absolute atomic E-state index is 0.150.